The number of rotatable bonds is 2. The van der Waals surface area contributed by atoms with Gasteiger partial charge in [-0.15, -0.1) is 11.6 Å². The first kappa shape index (κ1) is 12.5. The Balaban J connectivity index is 2.19. The van der Waals surface area contributed by atoms with Crippen molar-refractivity contribution in [3.63, 3.8) is 0 Å². The molecule has 1 aliphatic heterocycles. The van der Waals surface area contributed by atoms with Gasteiger partial charge in [0.05, 0.1) is 17.0 Å². The summed E-state index contributed by atoms with van der Waals surface area (Å²) in [6.07, 6.45) is 1.93. The number of aromatic nitrogens is 2. The summed E-state index contributed by atoms with van der Waals surface area (Å²) in [6.45, 7) is 1.54. The normalized spacial score (nSPS) is 16.6. The van der Waals surface area contributed by atoms with Crippen LogP contribution in [0.25, 0.3) is 11.0 Å². The van der Waals surface area contributed by atoms with Crippen molar-refractivity contribution in [2.45, 2.75) is 24.8 Å². The van der Waals surface area contributed by atoms with Crippen LogP contribution in [0.15, 0.2) is 18.2 Å². The van der Waals surface area contributed by atoms with Gasteiger partial charge in [-0.25, -0.2) is 4.98 Å². The van der Waals surface area contributed by atoms with Crippen LogP contribution < -0.4 is 0 Å². The number of hydrogen-bond donors (Lipinski definition) is 0. The van der Waals surface area contributed by atoms with Gasteiger partial charge in [0.1, 0.15) is 17.4 Å². The summed E-state index contributed by atoms with van der Waals surface area (Å²) in [6, 6.07) is 8.26. The highest BCUT2D eigenvalue weighted by Crippen LogP contribution is 2.29. The van der Waals surface area contributed by atoms with Crippen LogP contribution in [0.4, 0.5) is 0 Å². The monoisotopic (exact) mass is 275 g/mol. The largest absolute Gasteiger partial charge is 0.381 e. The first-order valence-electron chi connectivity index (χ1n) is 6.38. The van der Waals surface area contributed by atoms with Crippen LogP contribution in [0.1, 0.15) is 30.3 Å². The van der Waals surface area contributed by atoms with Gasteiger partial charge < -0.3 is 9.30 Å². The molecule has 0 atom stereocenters. The highest BCUT2D eigenvalue weighted by atomic mass is 35.5. The predicted molar refractivity (Wildman–Crippen MR) is 73.1 cm³/mol. The van der Waals surface area contributed by atoms with Gasteiger partial charge >= 0.3 is 0 Å². The van der Waals surface area contributed by atoms with Gasteiger partial charge in [0, 0.05) is 19.3 Å². The quantitative estimate of drug-likeness (QED) is 0.792. The van der Waals surface area contributed by atoms with Gasteiger partial charge in [0.15, 0.2) is 0 Å². The molecule has 0 saturated carbocycles. The lowest BCUT2D eigenvalue weighted by atomic mass is 10.1. The summed E-state index contributed by atoms with van der Waals surface area (Å²) in [4.78, 5) is 4.54. The van der Waals surface area contributed by atoms with Gasteiger partial charge in [-0.2, -0.15) is 5.26 Å². The van der Waals surface area contributed by atoms with Gasteiger partial charge in [-0.1, -0.05) is 6.07 Å². The van der Waals surface area contributed by atoms with Crippen molar-refractivity contribution in [3.8, 4) is 6.07 Å². The summed E-state index contributed by atoms with van der Waals surface area (Å²) in [5.41, 5.74) is 2.36. The summed E-state index contributed by atoms with van der Waals surface area (Å²) in [5.74, 6) is 1.20. The summed E-state index contributed by atoms with van der Waals surface area (Å²) >= 11 is 6.02. The topological polar surface area (TPSA) is 50.8 Å². The maximum absolute atomic E-state index is 9.17. The number of nitrogens with zero attached hydrogens (tertiary/aromatic N) is 3. The number of hydrogen-bond acceptors (Lipinski definition) is 3. The van der Waals surface area contributed by atoms with Gasteiger partial charge in [0.25, 0.3) is 0 Å². The lowest BCUT2D eigenvalue weighted by Crippen LogP contribution is -2.20. The Kier molecular flexibility index (Phi) is 3.41. The molecule has 0 unspecified atom stereocenters. The van der Waals surface area contributed by atoms with E-state index in [-0.39, 0.29) is 0 Å². The first-order valence-corrected chi connectivity index (χ1v) is 6.92. The third-order valence-corrected chi connectivity index (χ3v) is 3.83. The molecule has 98 valence electrons. The third kappa shape index (κ3) is 2.09. The van der Waals surface area contributed by atoms with Gasteiger partial charge in [0.2, 0.25) is 0 Å². The van der Waals surface area contributed by atoms with Crippen molar-refractivity contribution in [2.24, 2.45) is 0 Å². The Morgan fingerprint density at radius 1 is 1.42 bits per heavy atom. The molecular formula is C14H14ClN3O. The molecular weight excluding hydrogens is 262 g/mol. The number of nitriles is 1. The maximum Gasteiger partial charge on any atom is 0.125 e. The molecule has 5 heteroatoms. The Labute approximate surface area is 116 Å². The van der Waals surface area contributed by atoms with Crippen LogP contribution in [0.3, 0.4) is 0 Å². The van der Waals surface area contributed by atoms with E-state index >= 15 is 0 Å². The highest BCUT2D eigenvalue weighted by Gasteiger charge is 2.22. The minimum Gasteiger partial charge on any atom is -0.381 e. The molecule has 1 aliphatic rings. The van der Waals surface area contributed by atoms with Crippen LogP contribution in [0, 0.1) is 11.3 Å². The number of fused-ring (bicyclic) bond motifs is 1. The first-order chi connectivity index (χ1) is 9.35. The van der Waals surface area contributed by atoms with Gasteiger partial charge in [-0.05, 0) is 25.0 Å². The molecule has 3 rings (SSSR count). The van der Waals surface area contributed by atoms with Crippen molar-refractivity contribution in [2.75, 3.05) is 13.2 Å². The molecule has 2 aromatic rings. The third-order valence-electron chi connectivity index (χ3n) is 3.59. The second-order valence-electron chi connectivity index (χ2n) is 4.66. The summed E-state index contributed by atoms with van der Waals surface area (Å²) in [5, 5.41) is 9.17. The molecule has 0 amide bonds. The number of imidazole rings is 1. The standard InChI is InChI=1S/C14H14ClN3O/c15-8-13-17-14-10(9-16)2-1-3-12(14)18(13)11-4-6-19-7-5-11/h1-3,11H,4-8H2. The lowest BCUT2D eigenvalue weighted by Gasteiger charge is -2.25. The molecule has 0 radical (unpaired) electrons. The number of alkyl halides is 1. The Bertz CT molecular complexity index is 638. The van der Waals surface area contributed by atoms with Crippen molar-refractivity contribution < 1.29 is 4.74 Å². The van der Waals surface area contributed by atoms with E-state index in [1.807, 2.05) is 12.1 Å². The van der Waals surface area contributed by atoms with Crippen molar-refractivity contribution in [1.82, 2.24) is 9.55 Å². The molecule has 2 heterocycles. The van der Waals surface area contributed by atoms with E-state index in [1.54, 1.807) is 6.07 Å². The fourth-order valence-electron chi connectivity index (χ4n) is 2.70. The fraction of sp³-hybridized carbons (Fsp3) is 0.429. The zero-order chi connectivity index (χ0) is 13.2. The van der Waals surface area contributed by atoms with E-state index in [2.05, 4.69) is 15.6 Å². The summed E-state index contributed by atoms with van der Waals surface area (Å²) < 4.78 is 7.60. The molecule has 1 saturated heterocycles. The SMILES string of the molecule is N#Cc1cccc2c1nc(CCl)n2C1CCOCC1. The van der Waals surface area contributed by atoms with E-state index in [1.165, 1.54) is 0 Å². The van der Waals surface area contributed by atoms with Crippen molar-refractivity contribution in [1.29, 1.82) is 5.26 Å². The average Bonchev–Trinajstić information content (AvgIpc) is 2.86. The van der Waals surface area contributed by atoms with E-state index in [4.69, 9.17) is 21.6 Å². The zero-order valence-corrected chi connectivity index (χ0v) is 11.2. The Hall–Kier alpha value is -1.57. The molecule has 1 fully saturated rings. The van der Waals surface area contributed by atoms with Crippen LogP contribution in [0.2, 0.25) is 0 Å². The van der Waals surface area contributed by atoms with Crippen LogP contribution in [0.5, 0.6) is 0 Å². The number of para-hydroxylation sites is 1. The molecule has 0 bridgehead atoms. The molecule has 0 spiro atoms. The van der Waals surface area contributed by atoms with Crippen molar-refractivity contribution in [3.05, 3.63) is 29.6 Å². The van der Waals surface area contributed by atoms with Crippen LogP contribution in [-0.2, 0) is 10.6 Å². The smallest absolute Gasteiger partial charge is 0.125 e. The molecule has 19 heavy (non-hydrogen) atoms. The minimum absolute atomic E-state index is 0.358. The number of benzene rings is 1. The number of ether oxygens (including phenoxy) is 1. The Morgan fingerprint density at radius 3 is 2.89 bits per heavy atom. The fourth-order valence-corrected chi connectivity index (χ4v) is 2.89. The maximum atomic E-state index is 9.17. The lowest BCUT2D eigenvalue weighted by molar-refractivity contribution is 0.0700. The van der Waals surface area contributed by atoms with E-state index in [9.17, 15) is 0 Å². The van der Waals surface area contributed by atoms with Gasteiger partial charge in [-0.3, -0.25) is 0 Å². The van der Waals surface area contributed by atoms with Crippen LogP contribution >= 0.6 is 11.6 Å². The number of halogens is 1. The highest BCUT2D eigenvalue weighted by molar-refractivity contribution is 6.16. The van der Waals surface area contributed by atoms with Crippen LogP contribution in [-0.4, -0.2) is 22.8 Å². The molecule has 1 aromatic carbocycles. The van der Waals surface area contributed by atoms with E-state index in [0.29, 0.717) is 17.5 Å². The molecule has 1 aromatic heterocycles. The minimum atomic E-state index is 0.358. The van der Waals surface area contributed by atoms with E-state index < -0.39 is 0 Å². The Morgan fingerprint density at radius 2 is 2.21 bits per heavy atom. The van der Waals surface area contributed by atoms with Crippen molar-refractivity contribution >= 4 is 22.6 Å². The predicted octanol–water partition coefficient (Wildman–Crippen LogP) is 3.00. The van der Waals surface area contributed by atoms with E-state index in [0.717, 1.165) is 42.9 Å². The zero-order valence-electron chi connectivity index (χ0n) is 10.5. The molecule has 0 aliphatic carbocycles. The summed E-state index contributed by atoms with van der Waals surface area (Å²) in [7, 11) is 0. The second kappa shape index (κ2) is 5.20. The molecule has 0 N–H and O–H groups in total. The second-order valence-corrected chi connectivity index (χ2v) is 4.93. The average molecular weight is 276 g/mol. The molecule has 4 nitrogen and oxygen atoms in total.